The van der Waals surface area contributed by atoms with Crippen LogP contribution < -0.4 is 5.73 Å². The number of likely N-dealkylation sites (tertiary alicyclic amines) is 1. The number of rotatable bonds is 3. The Bertz CT molecular complexity index is 659. The molecule has 0 unspecified atom stereocenters. The molecule has 1 amide bonds. The summed E-state index contributed by atoms with van der Waals surface area (Å²) >= 11 is 1.54. The number of benzene rings is 1. The Morgan fingerprint density at radius 1 is 1.41 bits per heavy atom. The fourth-order valence-electron chi connectivity index (χ4n) is 2.72. The molecule has 116 valence electrons. The van der Waals surface area contributed by atoms with E-state index in [4.69, 9.17) is 5.73 Å². The second-order valence-electron chi connectivity index (χ2n) is 5.99. The Hall–Kier alpha value is -1.88. The zero-order chi connectivity index (χ0) is 15.5. The van der Waals surface area contributed by atoms with Crippen LogP contribution in [0.1, 0.15) is 24.8 Å². The third kappa shape index (κ3) is 3.47. The molecule has 1 aromatic carbocycles. The molecule has 1 aliphatic rings. The molecular weight excluding hydrogens is 294 g/mol. The van der Waals surface area contributed by atoms with E-state index in [2.05, 4.69) is 11.9 Å². The monoisotopic (exact) mass is 315 g/mol. The van der Waals surface area contributed by atoms with E-state index in [1.54, 1.807) is 11.3 Å². The second-order valence-corrected chi connectivity index (χ2v) is 6.93. The van der Waals surface area contributed by atoms with E-state index in [1.807, 2.05) is 34.5 Å². The maximum Gasteiger partial charge on any atom is 0.229 e. The molecule has 22 heavy (non-hydrogen) atoms. The van der Waals surface area contributed by atoms with E-state index >= 15 is 0 Å². The SMILES string of the molecule is CC1CCN(C(=O)Cc2nc(-c3cccc(N)c3)cs2)CC1. The Kier molecular flexibility index (Phi) is 4.43. The molecule has 0 spiro atoms. The smallest absolute Gasteiger partial charge is 0.229 e. The van der Waals surface area contributed by atoms with Gasteiger partial charge in [-0.3, -0.25) is 4.79 Å². The van der Waals surface area contributed by atoms with Gasteiger partial charge in [-0.25, -0.2) is 4.98 Å². The van der Waals surface area contributed by atoms with Gasteiger partial charge in [0, 0.05) is 29.7 Å². The van der Waals surface area contributed by atoms with E-state index in [1.165, 1.54) is 0 Å². The number of carbonyl (C=O) groups is 1. The van der Waals surface area contributed by atoms with Gasteiger partial charge in [-0.2, -0.15) is 0 Å². The van der Waals surface area contributed by atoms with Gasteiger partial charge in [-0.15, -0.1) is 11.3 Å². The third-order valence-corrected chi connectivity index (χ3v) is 5.02. The summed E-state index contributed by atoms with van der Waals surface area (Å²) in [6, 6.07) is 7.68. The van der Waals surface area contributed by atoms with Crippen molar-refractivity contribution in [1.82, 2.24) is 9.88 Å². The lowest BCUT2D eigenvalue weighted by molar-refractivity contribution is -0.131. The highest BCUT2D eigenvalue weighted by molar-refractivity contribution is 7.10. The van der Waals surface area contributed by atoms with Crippen LogP contribution >= 0.6 is 11.3 Å². The molecule has 1 aliphatic heterocycles. The van der Waals surface area contributed by atoms with Gasteiger partial charge in [0.25, 0.3) is 0 Å². The molecule has 5 heteroatoms. The highest BCUT2D eigenvalue weighted by atomic mass is 32.1. The number of thiazole rings is 1. The van der Waals surface area contributed by atoms with Gasteiger partial charge >= 0.3 is 0 Å². The van der Waals surface area contributed by atoms with Crippen LogP contribution in [-0.2, 0) is 11.2 Å². The summed E-state index contributed by atoms with van der Waals surface area (Å²) in [4.78, 5) is 18.9. The highest BCUT2D eigenvalue weighted by Crippen LogP contribution is 2.24. The Morgan fingerprint density at radius 2 is 2.18 bits per heavy atom. The Labute approximate surface area is 135 Å². The van der Waals surface area contributed by atoms with Crippen molar-refractivity contribution < 1.29 is 4.79 Å². The average molecular weight is 315 g/mol. The molecule has 0 saturated carbocycles. The molecule has 1 saturated heterocycles. The second kappa shape index (κ2) is 6.48. The number of hydrogen-bond acceptors (Lipinski definition) is 4. The van der Waals surface area contributed by atoms with Crippen LogP contribution in [-0.4, -0.2) is 28.9 Å². The number of nitrogens with two attached hydrogens (primary N) is 1. The topological polar surface area (TPSA) is 59.2 Å². The van der Waals surface area contributed by atoms with Crippen LogP contribution in [0.4, 0.5) is 5.69 Å². The van der Waals surface area contributed by atoms with Gasteiger partial charge in [0.05, 0.1) is 12.1 Å². The minimum atomic E-state index is 0.195. The summed E-state index contributed by atoms with van der Waals surface area (Å²) in [6.45, 7) is 4.02. The number of nitrogen functional groups attached to an aromatic ring is 1. The fourth-order valence-corrected chi connectivity index (χ4v) is 3.52. The first-order valence-corrected chi connectivity index (χ1v) is 8.58. The van der Waals surface area contributed by atoms with Crippen LogP contribution in [0.3, 0.4) is 0 Å². The summed E-state index contributed by atoms with van der Waals surface area (Å²) in [5, 5.41) is 2.87. The predicted octanol–water partition coefficient (Wildman–Crippen LogP) is 3.19. The van der Waals surface area contributed by atoms with Crippen molar-refractivity contribution in [3.63, 3.8) is 0 Å². The lowest BCUT2D eigenvalue weighted by Crippen LogP contribution is -2.38. The average Bonchev–Trinajstić information content (AvgIpc) is 2.96. The molecule has 2 aromatic rings. The molecule has 0 radical (unpaired) electrons. The van der Waals surface area contributed by atoms with E-state index in [0.29, 0.717) is 6.42 Å². The van der Waals surface area contributed by atoms with Gasteiger partial charge in [0.15, 0.2) is 0 Å². The number of hydrogen-bond donors (Lipinski definition) is 1. The molecule has 3 rings (SSSR count). The van der Waals surface area contributed by atoms with Crippen LogP contribution in [0.15, 0.2) is 29.6 Å². The van der Waals surface area contributed by atoms with Crippen molar-refractivity contribution in [3.8, 4) is 11.3 Å². The summed E-state index contributed by atoms with van der Waals surface area (Å²) in [7, 11) is 0. The highest BCUT2D eigenvalue weighted by Gasteiger charge is 2.21. The molecular formula is C17H21N3OS. The molecule has 4 nitrogen and oxygen atoms in total. The zero-order valence-corrected chi connectivity index (χ0v) is 13.6. The summed E-state index contributed by atoms with van der Waals surface area (Å²) in [5.74, 6) is 0.930. The fraction of sp³-hybridized carbons (Fsp3) is 0.412. The first kappa shape index (κ1) is 15.0. The molecule has 1 aromatic heterocycles. The lowest BCUT2D eigenvalue weighted by Gasteiger charge is -2.30. The molecule has 0 aliphatic carbocycles. The van der Waals surface area contributed by atoms with Crippen LogP contribution in [0, 0.1) is 5.92 Å². The predicted molar refractivity (Wildman–Crippen MR) is 90.6 cm³/mol. The van der Waals surface area contributed by atoms with E-state index < -0.39 is 0 Å². The number of amides is 1. The van der Waals surface area contributed by atoms with Crippen molar-refractivity contribution in [1.29, 1.82) is 0 Å². The van der Waals surface area contributed by atoms with Crippen molar-refractivity contribution in [2.24, 2.45) is 5.92 Å². The minimum absolute atomic E-state index is 0.195. The van der Waals surface area contributed by atoms with Crippen LogP contribution in [0.25, 0.3) is 11.3 Å². The van der Waals surface area contributed by atoms with Crippen LogP contribution in [0.5, 0.6) is 0 Å². The quantitative estimate of drug-likeness (QED) is 0.885. The number of piperidine rings is 1. The van der Waals surface area contributed by atoms with Gasteiger partial charge in [0.1, 0.15) is 5.01 Å². The van der Waals surface area contributed by atoms with Crippen molar-refractivity contribution in [3.05, 3.63) is 34.7 Å². The standard InChI is InChI=1S/C17H21N3OS/c1-12-5-7-20(8-6-12)17(21)10-16-19-15(11-22-16)13-3-2-4-14(18)9-13/h2-4,9,11-12H,5-8,10,18H2,1H3. The molecule has 0 atom stereocenters. The molecule has 1 fully saturated rings. The third-order valence-electron chi connectivity index (χ3n) is 4.17. The summed E-state index contributed by atoms with van der Waals surface area (Å²) in [6.07, 6.45) is 2.62. The Morgan fingerprint density at radius 3 is 2.91 bits per heavy atom. The first-order valence-electron chi connectivity index (χ1n) is 7.70. The molecule has 2 N–H and O–H groups in total. The van der Waals surface area contributed by atoms with E-state index in [-0.39, 0.29) is 5.91 Å². The van der Waals surface area contributed by atoms with Gasteiger partial charge in [-0.1, -0.05) is 19.1 Å². The largest absolute Gasteiger partial charge is 0.399 e. The van der Waals surface area contributed by atoms with Crippen LogP contribution in [0.2, 0.25) is 0 Å². The minimum Gasteiger partial charge on any atom is -0.399 e. The molecule has 0 bridgehead atoms. The number of nitrogens with zero attached hydrogens (tertiary/aromatic N) is 2. The molecule has 2 heterocycles. The van der Waals surface area contributed by atoms with Gasteiger partial charge in [-0.05, 0) is 30.9 Å². The maximum atomic E-state index is 12.3. The normalized spacial score (nSPS) is 16.0. The number of aromatic nitrogens is 1. The van der Waals surface area contributed by atoms with Crippen molar-refractivity contribution in [2.45, 2.75) is 26.2 Å². The van der Waals surface area contributed by atoms with Gasteiger partial charge in [0.2, 0.25) is 5.91 Å². The van der Waals surface area contributed by atoms with Crippen molar-refractivity contribution >= 4 is 22.9 Å². The maximum absolute atomic E-state index is 12.3. The summed E-state index contributed by atoms with van der Waals surface area (Å²) < 4.78 is 0. The van der Waals surface area contributed by atoms with E-state index in [9.17, 15) is 4.79 Å². The van der Waals surface area contributed by atoms with Crippen molar-refractivity contribution in [2.75, 3.05) is 18.8 Å². The zero-order valence-electron chi connectivity index (χ0n) is 12.8. The first-order chi connectivity index (χ1) is 10.6. The number of carbonyl (C=O) groups excluding carboxylic acids is 1. The number of anilines is 1. The lowest BCUT2D eigenvalue weighted by atomic mass is 9.99. The van der Waals surface area contributed by atoms with Gasteiger partial charge < -0.3 is 10.6 Å². The summed E-state index contributed by atoms with van der Waals surface area (Å²) in [5.41, 5.74) is 8.43. The van der Waals surface area contributed by atoms with E-state index in [0.717, 1.165) is 53.8 Å². The Balaban J connectivity index is 1.65.